The van der Waals surface area contributed by atoms with Gasteiger partial charge in [0.1, 0.15) is 0 Å². The molecule has 1 fully saturated rings. The molecule has 1 aliphatic rings. The van der Waals surface area contributed by atoms with Gasteiger partial charge in [0.2, 0.25) is 0 Å². The number of rotatable bonds is 1. The van der Waals surface area contributed by atoms with Crippen molar-refractivity contribution in [1.29, 1.82) is 0 Å². The quantitative estimate of drug-likeness (QED) is 0.546. The van der Waals surface area contributed by atoms with Crippen LogP contribution in [0.2, 0.25) is 0 Å². The molecule has 1 nitrogen and oxygen atoms in total. The summed E-state index contributed by atoms with van der Waals surface area (Å²) in [5.74, 6) is 1.65. The van der Waals surface area contributed by atoms with Gasteiger partial charge in [0, 0.05) is 7.11 Å². The average Bonchev–Trinajstić information content (AvgIpc) is 1.94. The first-order valence-corrected chi connectivity index (χ1v) is 4.26. The van der Waals surface area contributed by atoms with Crippen molar-refractivity contribution in [1.82, 2.24) is 0 Å². The summed E-state index contributed by atoms with van der Waals surface area (Å²) in [6.45, 7) is 4.61. The molecule has 10 heavy (non-hydrogen) atoms. The molecule has 0 saturated heterocycles. The van der Waals surface area contributed by atoms with E-state index in [2.05, 4.69) is 13.8 Å². The minimum absolute atomic E-state index is 0.531. The van der Waals surface area contributed by atoms with Gasteiger partial charge in [-0.3, -0.25) is 0 Å². The van der Waals surface area contributed by atoms with Crippen LogP contribution in [0.3, 0.4) is 0 Å². The Morgan fingerprint density at radius 2 is 1.90 bits per heavy atom. The molecule has 0 aromatic carbocycles. The predicted molar refractivity (Wildman–Crippen MR) is 43.0 cm³/mol. The van der Waals surface area contributed by atoms with Crippen LogP contribution in [-0.2, 0) is 4.74 Å². The standard InChI is InChI=1S/C9H18O/c1-7-4-5-8(2)9(6-7)10-3/h7-9H,4-6H2,1-3H3/t7?,8-,9-/m1/s1. The van der Waals surface area contributed by atoms with Crippen molar-refractivity contribution in [3.63, 3.8) is 0 Å². The molecule has 60 valence electrons. The van der Waals surface area contributed by atoms with E-state index in [1.165, 1.54) is 19.3 Å². The van der Waals surface area contributed by atoms with E-state index in [9.17, 15) is 0 Å². The Hall–Kier alpha value is -0.0400. The maximum atomic E-state index is 5.37. The molecular formula is C9H18O. The zero-order valence-electron chi connectivity index (χ0n) is 7.26. The fourth-order valence-corrected chi connectivity index (χ4v) is 1.81. The Balaban J connectivity index is 2.38. The molecule has 1 unspecified atom stereocenters. The molecular weight excluding hydrogens is 124 g/mol. The van der Waals surface area contributed by atoms with E-state index in [0.717, 1.165) is 11.8 Å². The minimum Gasteiger partial charge on any atom is -0.381 e. The molecule has 1 heteroatoms. The highest BCUT2D eigenvalue weighted by molar-refractivity contribution is 4.75. The van der Waals surface area contributed by atoms with Crippen LogP contribution in [0.1, 0.15) is 33.1 Å². The van der Waals surface area contributed by atoms with Gasteiger partial charge in [-0.2, -0.15) is 0 Å². The summed E-state index contributed by atoms with van der Waals surface area (Å²) in [5, 5.41) is 0. The molecule has 0 radical (unpaired) electrons. The second kappa shape index (κ2) is 3.38. The van der Waals surface area contributed by atoms with Crippen molar-refractivity contribution in [2.75, 3.05) is 7.11 Å². The van der Waals surface area contributed by atoms with Crippen LogP contribution in [0.4, 0.5) is 0 Å². The lowest BCUT2D eigenvalue weighted by Crippen LogP contribution is -2.27. The van der Waals surface area contributed by atoms with Crippen LogP contribution < -0.4 is 0 Å². The van der Waals surface area contributed by atoms with Gasteiger partial charge in [-0.15, -0.1) is 0 Å². The molecule has 3 atom stereocenters. The summed E-state index contributed by atoms with van der Waals surface area (Å²) < 4.78 is 5.37. The minimum atomic E-state index is 0.531. The molecule has 0 N–H and O–H groups in total. The Morgan fingerprint density at radius 3 is 2.40 bits per heavy atom. The fraction of sp³-hybridized carbons (Fsp3) is 1.00. The molecule has 1 saturated carbocycles. The lowest BCUT2D eigenvalue weighted by Gasteiger charge is -2.31. The van der Waals surface area contributed by atoms with Crippen molar-refractivity contribution in [3.8, 4) is 0 Å². The zero-order chi connectivity index (χ0) is 7.56. The average molecular weight is 142 g/mol. The van der Waals surface area contributed by atoms with Gasteiger partial charge in [-0.25, -0.2) is 0 Å². The Labute approximate surface area is 63.8 Å². The predicted octanol–water partition coefficient (Wildman–Crippen LogP) is 2.46. The van der Waals surface area contributed by atoms with E-state index in [1.807, 2.05) is 7.11 Å². The van der Waals surface area contributed by atoms with E-state index in [-0.39, 0.29) is 0 Å². The van der Waals surface area contributed by atoms with E-state index in [1.54, 1.807) is 0 Å². The number of hydrogen-bond donors (Lipinski definition) is 0. The monoisotopic (exact) mass is 142 g/mol. The third-order valence-electron chi connectivity index (χ3n) is 2.69. The Bertz CT molecular complexity index is 101. The van der Waals surface area contributed by atoms with E-state index >= 15 is 0 Å². The molecule has 1 aliphatic carbocycles. The number of ether oxygens (including phenoxy) is 1. The van der Waals surface area contributed by atoms with Crippen molar-refractivity contribution < 1.29 is 4.74 Å². The summed E-state index contributed by atoms with van der Waals surface area (Å²) in [6.07, 6.45) is 4.53. The van der Waals surface area contributed by atoms with Crippen LogP contribution in [0.25, 0.3) is 0 Å². The second-order valence-corrected chi connectivity index (χ2v) is 3.67. The van der Waals surface area contributed by atoms with Gasteiger partial charge < -0.3 is 4.74 Å². The van der Waals surface area contributed by atoms with Gasteiger partial charge in [0.05, 0.1) is 6.10 Å². The summed E-state index contributed by atoms with van der Waals surface area (Å²) >= 11 is 0. The summed E-state index contributed by atoms with van der Waals surface area (Å²) in [4.78, 5) is 0. The third-order valence-corrected chi connectivity index (χ3v) is 2.69. The molecule has 0 amide bonds. The SMILES string of the molecule is CO[C@@H]1CC(C)CC[C@H]1C. The van der Waals surface area contributed by atoms with Gasteiger partial charge in [-0.1, -0.05) is 20.3 Å². The van der Waals surface area contributed by atoms with Crippen LogP contribution in [0, 0.1) is 11.8 Å². The van der Waals surface area contributed by atoms with Crippen LogP contribution in [0.5, 0.6) is 0 Å². The zero-order valence-corrected chi connectivity index (χ0v) is 7.26. The second-order valence-electron chi connectivity index (χ2n) is 3.67. The van der Waals surface area contributed by atoms with Gasteiger partial charge in [-0.05, 0) is 24.7 Å². The maximum absolute atomic E-state index is 5.37. The largest absolute Gasteiger partial charge is 0.381 e. The number of hydrogen-bond acceptors (Lipinski definition) is 1. The van der Waals surface area contributed by atoms with Crippen LogP contribution >= 0.6 is 0 Å². The molecule has 0 heterocycles. The lowest BCUT2D eigenvalue weighted by molar-refractivity contribution is 0.0148. The molecule has 0 aliphatic heterocycles. The normalized spacial score (nSPS) is 41.7. The number of methoxy groups -OCH3 is 1. The topological polar surface area (TPSA) is 9.23 Å². The highest BCUT2D eigenvalue weighted by atomic mass is 16.5. The first kappa shape index (κ1) is 8.06. The fourth-order valence-electron chi connectivity index (χ4n) is 1.81. The van der Waals surface area contributed by atoms with Crippen molar-refractivity contribution in [2.24, 2.45) is 11.8 Å². The van der Waals surface area contributed by atoms with Gasteiger partial charge in [0.25, 0.3) is 0 Å². The summed E-state index contributed by atoms with van der Waals surface area (Å²) in [5.41, 5.74) is 0. The molecule has 0 spiro atoms. The van der Waals surface area contributed by atoms with Gasteiger partial charge >= 0.3 is 0 Å². The molecule has 0 aromatic rings. The van der Waals surface area contributed by atoms with Crippen LogP contribution in [0.15, 0.2) is 0 Å². The summed E-state index contributed by atoms with van der Waals surface area (Å²) in [6, 6.07) is 0. The highest BCUT2D eigenvalue weighted by Gasteiger charge is 2.24. The summed E-state index contributed by atoms with van der Waals surface area (Å²) in [7, 11) is 1.83. The van der Waals surface area contributed by atoms with Crippen molar-refractivity contribution in [3.05, 3.63) is 0 Å². The van der Waals surface area contributed by atoms with E-state index < -0.39 is 0 Å². The molecule has 0 bridgehead atoms. The smallest absolute Gasteiger partial charge is 0.0599 e. The van der Waals surface area contributed by atoms with Crippen LogP contribution in [-0.4, -0.2) is 13.2 Å². The van der Waals surface area contributed by atoms with Crippen molar-refractivity contribution >= 4 is 0 Å². The lowest BCUT2D eigenvalue weighted by atomic mass is 9.82. The first-order chi connectivity index (χ1) is 4.74. The molecule has 0 aromatic heterocycles. The Kier molecular flexibility index (Phi) is 2.72. The maximum Gasteiger partial charge on any atom is 0.0599 e. The Morgan fingerprint density at radius 1 is 1.20 bits per heavy atom. The van der Waals surface area contributed by atoms with E-state index in [4.69, 9.17) is 4.74 Å². The third kappa shape index (κ3) is 1.72. The van der Waals surface area contributed by atoms with Crippen molar-refractivity contribution in [2.45, 2.75) is 39.2 Å². The van der Waals surface area contributed by atoms with Gasteiger partial charge in [0.15, 0.2) is 0 Å². The highest BCUT2D eigenvalue weighted by Crippen LogP contribution is 2.29. The van der Waals surface area contributed by atoms with E-state index in [0.29, 0.717) is 6.10 Å². The first-order valence-electron chi connectivity index (χ1n) is 4.26. The molecule has 1 rings (SSSR count).